The second-order valence-electron chi connectivity index (χ2n) is 6.09. The molecule has 2 N–H and O–H groups in total. The number of aliphatic hydroxyl groups is 1. The summed E-state index contributed by atoms with van der Waals surface area (Å²) in [6, 6.07) is 0.378. The van der Waals surface area contributed by atoms with Crippen LogP contribution < -0.4 is 5.32 Å². The van der Waals surface area contributed by atoms with Crippen molar-refractivity contribution in [1.82, 2.24) is 9.88 Å². The summed E-state index contributed by atoms with van der Waals surface area (Å²) in [7, 11) is 0. The fraction of sp³-hybridized carbons (Fsp3) is 0.714. The Labute approximate surface area is 122 Å². The van der Waals surface area contributed by atoms with Crippen molar-refractivity contribution in [3.8, 4) is 0 Å². The number of urea groups is 1. The number of anilines is 1. The molecule has 2 fully saturated rings. The third-order valence-electron chi connectivity index (χ3n) is 4.75. The summed E-state index contributed by atoms with van der Waals surface area (Å²) < 4.78 is 0. The van der Waals surface area contributed by atoms with Crippen molar-refractivity contribution in [3.63, 3.8) is 0 Å². The third kappa shape index (κ3) is 2.02. The van der Waals surface area contributed by atoms with Crippen LogP contribution in [0.2, 0.25) is 0 Å². The van der Waals surface area contributed by atoms with Gasteiger partial charge in [-0.05, 0) is 44.9 Å². The highest BCUT2D eigenvalue weighted by Crippen LogP contribution is 2.37. The quantitative estimate of drug-likeness (QED) is 0.834. The molecule has 3 aliphatic rings. The molecule has 1 aliphatic carbocycles. The zero-order valence-electron chi connectivity index (χ0n) is 11.3. The Bertz CT molecular complexity index is 509. The highest BCUT2D eigenvalue weighted by molar-refractivity contribution is 7.15. The molecule has 5 nitrogen and oxygen atoms in total. The largest absolute Gasteiger partial charge is 0.393 e. The maximum atomic E-state index is 12.5. The summed E-state index contributed by atoms with van der Waals surface area (Å²) in [5.74, 6) is 0. The molecular formula is C14H19N3O2S. The molecule has 0 spiro atoms. The second-order valence-corrected chi connectivity index (χ2v) is 7.17. The highest BCUT2D eigenvalue weighted by atomic mass is 32.1. The lowest BCUT2D eigenvalue weighted by molar-refractivity contribution is 0.0580. The molecule has 6 heteroatoms. The molecule has 3 heterocycles. The van der Waals surface area contributed by atoms with Gasteiger partial charge in [0.1, 0.15) is 0 Å². The molecule has 1 aromatic rings. The number of fused-ring (bicyclic) bond motifs is 3. The molecule has 3 atom stereocenters. The van der Waals surface area contributed by atoms with Gasteiger partial charge >= 0.3 is 6.03 Å². The van der Waals surface area contributed by atoms with Gasteiger partial charge in [-0.15, -0.1) is 11.3 Å². The number of carbonyl (C=O) groups excluding carboxylic acids is 1. The van der Waals surface area contributed by atoms with Gasteiger partial charge in [-0.1, -0.05) is 0 Å². The van der Waals surface area contributed by atoms with Crippen molar-refractivity contribution in [2.45, 2.75) is 63.1 Å². The van der Waals surface area contributed by atoms with E-state index in [1.165, 1.54) is 17.0 Å². The Balaban J connectivity index is 1.47. The normalized spacial score (nSPS) is 31.4. The van der Waals surface area contributed by atoms with Crippen molar-refractivity contribution >= 4 is 22.5 Å². The summed E-state index contributed by atoms with van der Waals surface area (Å²) >= 11 is 1.62. The van der Waals surface area contributed by atoms with Crippen LogP contribution in [-0.4, -0.2) is 39.2 Å². The minimum Gasteiger partial charge on any atom is -0.393 e. The first kappa shape index (κ1) is 12.6. The Kier molecular flexibility index (Phi) is 2.96. The summed E-state index contributed by atoms with van der Waals surface area (Å²) in [5, 5.41) is 13.5. The van der Waals surface area contributed by atoms with Crippen LogP contribution in [0.4, 0.5) is 9.93 Å². The fourth-order valence-electron chi connectivity index (χ4n) is 3.88. The van der Waals surface area contributed by atoms with Gasteiger partial charge in [-0.25, -0.2) is 9.78 Å². The predicted molar refractivity (Wildman–Crippen MR) is 77.0 cm³/mol. The van der Waals surface area contributed by atoms with E-state index < -0.39 is 0 Å². The molecule has 108 valence electrons. The predicted octanol–water partition coefficient (Wildman–Crippen LogP) is 2.15. The number of aryl methyl sites for hydroxylation is 2. The van der Waals surface area contributed by atoms with Crippen molar-refractivity contribution in [1.29, 1.82) is 0 Å². The van der Waals surface area contributed by atoms with E-state index in [0.29, 0.717) is 0 Å². The van der Waals surface area contributed by atoms with Crippen molar-refractivity contribution in [2.24, 2.45) is 0 Å². The molecule has 2 amide bonds. The molecule has 20 heavy (non-hydrogen) atoms. The Morgan fingerprint density at radius 3 is 2.75 bits per heavy atom. The van der Waals surface area contributed by atoms with Crippen LogP contribution in [0.3, 0.4) is 0 Å². The number of piperidine rings is 1. The van der Waals surface area contributed by atoms with E-state index in [-0.39, 0.29) is 24.2 Å². The topological polar surface area (TPSA) is 65.5 Å². The number of hydrogen-bond acceptors (Lipinski definition) is 4. The highest BCUT2D eigenvalue weighted by Gasteiger charge is 2.43. The minimum atomic E-state index is -0.236. The zero-order valence-corrected chi connectivity index (χ0v) is 12.2. The van der Waals surface area contributed by atoms with E-state index in [0.717, 1.165) is 43.7 Å². The number of nitrogens with one attached hydrogen (secondary N) is 1. The van der Waals surface area contributed by atoms with E-state index in [4.69, 9.17) is 0 Å². The van der Waals surface area contributed by atoms with E-state index in [1.54, 1.807) is 11.3 Å². The molecule has 0 aromatic carbocycles. The van der Waals surface area contributed by atoms with Crippen LogP contribution in [0.5, 0.6) is 0 Å². The summed E-state index contributed by atoms with van der Waals surface area (Å²) in [4.78, 5) is 20.3. The van der Waals surface area contributed by atoms with Gasteiger partial charge < -0.3 is 10.0 Å². The molecule has 4 rings (SSSR count). The van der Waals surface area contributed by atoms with Gasteiger partial charge in [0.15, 0.2) is 5.13 Å². The number of thiazole rings is 1. The molecule has 0 saturated carbocycles. The van der Waals surface area contributed by atoms with E-state index >= 15 is 0 Å². The van der Waals surface area contributed by atoms with Crippen LogP contribution in [0.15, 0.2) is 0 Å². The first-order chi connectivity index (χ1) is 9.70. The van der Waals surface area contributed by atoms with Crippen LogP contribution in [0.25, 0.3) is 0 Å². The van der Waals surface area contributed by atoms with E-state index in [2.05, 4.69) is 10.3 Å². The van der Waals surface area contributed by atoms with Gasteiger partial charge in [0.25, 0.3) is 0 Å². The maximum Gasteiger partial charge on any atom is 0.324 e. The number of rotatable bonds is 1. The second kappa shape index (κ2) is 4.70. The lowest BCUT2D eigenvalue weighted by Gasteiger charge is -2.36. The molecule has 1 aromatic heterocycles. The lowest BCUT2D eigenvalue weighted by Crippen LogP contribution is -2.49. The SMILES string of the molecule is O=C(Nc1nc2c(s1)CCC2)N1[C@@H]2CC[C@H]1CC(O)C2. The lowest BCUT2D eigenvalue weighted by atomic mass is 10.0. The number of hydrogen-bond donors (Lipinski definition) is 2. The van der Waals surface area contributed by atoms with E-state index in [1.807, 2.05) is 4.90 Å². The van der Waals surface area contributed by atoms with Crippen LogP contribution in [0.1, 0.15) is 42.7 Å². The first-order valence-electron chi connectivity index (χ1n) is 7.46. The molecule has 1 unspecified atom stereocenters. The summed E-state index contributed by atoms with van der Waals surface area (Å²) in [6.45, 7) is 0. The van der Waals surface area contributed by atoms with Gasteiger partial charge in [0.2, 0.25) is 0 Å². The third-order valence-corrected chi connectivity index (χ3v) is 5.83. The number of aliphatic hydroxyl groups excluding tert-OH is 1. The fourth-order valence-corrected chi connectivity index (χ4v) is 4.92. The Morgan fingerprint density at radius 2 is 2.05 bits per heavy atom. The van der Waals surface area contributed by atoms with E-state index in [9.17, 15) is 9.90 Å². The van der Waals surface area contributed by atoms with Crippen LogP contribution in [-0.2, 0) is 12.8 Å². The Hall–Kier alpha value is -1.14. The molecule has 2 saturated heterocycles. The van der Waals surface area contributed by atoms with Gasteiger partial charge in [0, 0.05) is 17.0 Å². The van der Waals surface area contributed by atoms with Gasteiger partial charge in [-0.2, -0.15) is 0 Å². The van der Waals surface area contributed by atoms with Crippen molar-refractivity contribution < 1.29 is 9.90 Å². The summed E-state index contributed by atoms with van der Waals surface area (Å²) in [5.41, 5.74) is 1.17. The maximum absolute atomic E-state index is 12.5. The smallest absolute Gasteiger partial charge is 0.324 e. The van der Waals surface area contributed by atoms with Crippen LogP contribution in [0, 0.1) is 0 Å². The molecule has 0 radical (unpaired) electrons. The number of aromatic nitrogens is 1. The average molecular weight is 293 g/mol. The monoisotopic (exact) mass is 293 g/mol. The van der Waals surface area contributed by atoms with Crippen molar-refractivity contribution in [3.05, 3.63) is 10.6 Å². The zero-order chi connectivity index (χ0) is 13.7. The Morgan fingerprint density at radius 1 is 1.30 bits per heavy atom. The standard InChI is InChI=1S/C14H19N3O2S/c18-10-6-8-4-5-9(7-10)17(8)14(19)16-13-15-11-2-1-3-12(11)20-13/h8-10,18H,1-7H2,(H,15,16,19)/t8-,9+,10?. The summed E-state index contributed by atoms with van der Waals surface area (Å²) in [6.07, 6.45) is 6.58. The molecular weight excluding hydrogens is 274 g/mol. The van der Waals surface area contributed by atoms with Gasteiger partial charge in [-0.3, -0.25) is 5.32 Å². The number of nitrogens with zero attached hydrogens (tertiary/aromatic N) is 2. The van der Waals surface area contributed by atoms with Crippen LogP contribution >= 0.6 is 11.3 Å². The van der Waals surface area contributed by atoms with Gasteiger partial charge in [0.05, 0.1) is 11.8 Å². The number of carbonyl (C=O) groups is 1. The van der Waals surface area contributed by atoms with Crippen molar-refractivity contribution in [2.75, 3.05) is 5.32 Å². The molecule has 2 aliphatic heterocycles. The molecule has 2 bridgehead atoms. The number of amides is 2. The first-order valence-corrected chi connectivity index (χ1v) is 8.28. The minimum absolute atomic E-state index is 0.0307. The average Bonchev–Trinajstić information content (AvgIpc) is 3.02.